The van der Waals surface area contributed by atoms with Gasteiger partial charge >= 0.3 is 0 Å². The molecule has 1 aromatic carbocycles. The molecular weight excluding hydrogens is 256 g/mol. The Kier molecular flexibility index (Phi) is 4.65. The van der Waals surface area contributed by atoms with E-state index in [0.717, 1.165) is 58.7 Å². The smallest absolute Gasteiger partial charge is 0.0756 e. The highest BCUT2D eigenvalue weighted by atomic mass is 35.5. The summed E-state index contributed by atoms with van der Waals surface area (Å²) in [6.45, 7) is 7.39. The fourth-order valence-electron chi connectivity index (χ4n) is 2.30. The van der Waals surface area contributed by atoms with Crippen molar-refractivity contribution < 1.29 is 0 Å². The molecule has 0 radical (unpaired) electrons. The molecule has 102 valence electrons. The van der Waals surface area contributed by atoms with Gasteiger partial charge in [0, 0.05) is 28.3 Å². The molecule has 0 bridgehead atoms. The van der Waals surface area contributed by atoms with Crippen LogP contribution < -0.4 is 5.32 Å². The molecule has 0 saturated heterocycles. The van der Waals surface area contributed by atoms with Crippen LogP contribution in [0.15, 0.2) is 18.2 Å². The molecule has 1 aromatic heterocycles. The van der Waals surface area contributed by atoms with Crippen molar-refractivity contribution in [2.24, 2.45) is 0 Å². The number of rotatable bonds is 5. The first kappa shape index (κ1) is 14.1. The number of nitrogens with zero attached hydrogens (tertiary/aromatic N) is 1. The molecule has 2 nitrogen and oxygen atoms in total. The van der Waals surface area contributed by atoms with Gasteiger partial charge in [0.15, 0.2) is 0 Å². The lowest BCUT2D eigenvalue weighted by atomic mass is 10.1. The van der Waals surface area contributed by atoms with Crippen LogP contribution in [0.2, 0.25) is 5.02 Å². The van der Waals surface area contributed by atoms with Crippen LogP contribution in [-0.2, 0) is 6.42 Å². The van der Waals surface area contributed by atoms with Crippen molar-refractivity contribution in [1.82, 2.24) is 4.98 Å². The summed E-state index contributed by atoms with van der Waals surface area (Å²) in [4.78, 5) is 4.78. The second-order valence-electron chi connectivity index (χ2n) is 4.96. The molecule has 0 aliphatic rings. The second kappa shape index (κ2) is 6.25. The van der Waals surface area contributed by atoms with Gasteiger partial charge in [0.1, 0.15) is 0 Å². The van der Waals surface area contributed by atoms with E-state index in [-0.39, 0.29) is 0 Å². The zero-order valence-corrected chi connectivity index (χ0v) is 12.6. The lowest BCUT2D eigenvalue weighted by molar-refractivity contribution is 0.888. The Labute approximate surface area is 120 Å². The molecule has 1 heterocycles. The van der Waals surface area contributed by atoms with Gasteiger partial charge in [-0.15, -0.1) is 0 Å². The van der Waals surface area contributed by atoms with Gasteiger partial charge in [0.05, 0.1) is 5.52 Å². The van der Waals surface area contributed by atoms with Crippen molar-refractivity contribution in [3.8, 4) is 0 Å². The van der Waals surface area contributed by atoms with Crippen LogP contribution in [0.1, 0.15) is 37.9 Å². The minimum atomic E-state index is 0.773. The van der Waals surface area contributed by atoms with Gasteiger partial charge in [-0.25, -0.2) is 0 Å². The third kappa shape index (κ3) is 3.19. The lowest BCUT2D eigenvalue weighted by Crippen LogP contribution is -2.03. The molecular formula is C16H21ClN2. The van der Waals surface area contributed by atoms with Crippen LogP contribution in [0.3, 0.4) is 0 Å². The maximum Gasteiger partial charge on any atom is 0.0756 e. The second-order valence-corrected chi connectivity index (χ2v) is 5.39. The molecule has 0 unspecified atom stereocenters. The summed E-state index contributed by atoms with van der Waals surface area (Å²) < 4.78 is 0. The molecule has 0 aliphatic carbocycles. The summed E-state index contributed by atoms with van der Waals surface area (Å²) in [6.07, 6.45) is 3.23. The highest BCUT2D eigenvalue weighted by Gasteiger charge is 2.08. The number of aromatic nitrogens is 1. The summed E-state index contributed by atoms with van der Waals surface area (Å²) in [7, 11) is 0. The minimum absolute atomic E-state index is 0.773. The van der Waals surface area contributed by atoms with E-state index >= 15 is 0 Å². The first-order valence-electron chi connectivity index (χ1n) is 6.99. The summed E-state index contributed by atoms with van der Waals surface area (Å²) >= 11 is 6.18. The molecule has 2 aromatic rings. The number of benzene rings is 1. The molecule has 19 heavy (non-hydrogen) atoms. The number of nitrogens with one attached hydrogen (secondary N) is 1. The number of aryl methyl sites for hydroxylation is 2. The van der Waals surface area contributed by atoms with E-state index in [1.165, 1.54) is 0 Å². The standard InChI is InChI=1S/C16H21ClN2/c1-4-6-13-10-15(18-7-5-2)14-9-12(17)8-11(3)16(14)19-13/h8-10H,4-7H2,1-3H3,(H,18,19). The van der Waals surface area contributed by atoms with E-state index in [0.29, 0.717) is 0 Å². The summed E-state index contributed by atoms with van der Waals surface area (Å²) in [5.41, 5.74) is 4.51. The number of hydrogen-bond donors (Lipinski definition) is 1. The summed E-state index contributed by atoms with van der Waals surface area (Å²) in [5.74, 6) is 0. The first-order valence-corrected chi connectivity index (χ1v) is 7.37. The third-order valence-corrected chi connectivity index (χ3v) is 3.41. The Balaban J connectivity index is 2.60. The SMILES string of the molecule is CCCNc1cc(CCC)nc2c(C)cc(Cl)cc12. The maximum absolute atomic E-state index is 6.18. The van der Waals surface area contributed by atoms with Gasteiger partial charge in [0.25, 0.3) is 0 Å². The zero-order chi connectivity index (χ0) is 13.8. The third-order valence-electron chi connectivity index (χ3n) is 3.19. The van der Waals surface area contributed by atoms with E-state index in [4.69, 9.17) is 16.6 Å². The minimum Gasteiger partial charge on any atom is -0.384 e. The van der Waals surface area contributed by atoms with Crippen molar-refractivity contribution in [2.45, 2.75) is 40.0 Å². The predicted octanol–water partition coefficient (Wildman–Crippen LogP) is 4.97. The number of pyridine rings is 1. The normalized spacial score (nSPS) is 10.9. The summed E-state index contributed by atoms with van der Waals surface area (Å²) in [5, 5.41) is 5.39. The van der Waals surface area contributed by atoms with Gasteiger partial charge in [-0.05, 0) is 43.5 Å². The van der Waals surface area contributed by atoms with Crippen molar-refractivity contribution in [3.63, 3.8) is 0 Å². The van der Waals surface area contributed by atoms with Crippen molar-refractivity contribution >= 4 is 28.2 Å². The monoisotopic (exact) mass is 276 g/mol. The highest BCUT2D eigenvalue weighted by Crippen LogP contribution is 2.29. The van der Waals surface area contributed by atoms with E-state index in [9.17, 15) is 0 Å². The summed E-state index contributed by atoms with van der Waals surface area (Å²) in [6, 6.07) is 6.15. The van der Waals surface area contributed by atoms with Crippen LogP contribution in [0, 0.1) is 6.92 Å². The Morgan fingerprint density at radius 1 is 1.16 bits per heavy atom. The molecule has 0 amide bonds. The Morgan fingerprint density at radius 3 is 2.63 bits per heavy atom. The van der Waals surface area contributed by atoms with Crippen molar-refractivity contribution in [1.29, 1.82) is 0 Å². The Hall–Kier alpha value is -1.28. The fourth-order valence-corrected chi connectivity index (χ4v) is 2.57. The van der Waals surface area contributed by atoms with Gasteiger partial charge in [-0.2, -0.15) is 0 Å². The number of halogens is 1. The Bertz CT molecular complexity index is 578. The number of anilines is 1. The van der Waals surface area contributed by atoms with Gasteiger partial charge < -0.3 is 5.32 Å². The van der Waals surface area contributed by atoms with Crippen LogP contribution >= 0.6 is 11.6 Å². The average molecular weight is 277 g/mol. The fraction of sp³-hybridized carbons (Fsp3) is 0.438. The van der Waals surface area contributed by atoms with E-state index in [1.54, 1.807) is 0 Å². The van der Waals surface area contributed by atoms with E-state index < -0.39 is 0 Å². The van der Waals surface area contributed by atoms with E-state index in [2.05, 4.69) is 32.2 Å². The first-order chi connectivity index (χ1) is 9.15. The largest absolute Gasteiger partial charge is 0.384 e. The Morgan fingerprint density at radius 2 is 1.95 bits per heavy atom. The molecule has 0 spiro atoms. The zero-order valence-electron chi connectivity index (χ0n) is 11.9. The number of hydrogen-bond acceptors (Lipinski definition) is 2. The van der Waals surface area contributed by atoms with Crippen LogP contribution in [0.4, 0.5) is 5.69 Å². The average Bonchev–Trinajstić information content (AvgIpc) is 2.37. The maximum atomic E-state index is 6.18. The predicted molar refractivity (Wildman–Crippen MR) is 84.3 cm³/mol. The molecule has 0 atom stereocenters. The van der Waals surface area contributed by atoms with Crippen molar-refractivity contribution in [3.05, 3.63) is 34.5 Å². The van der Waals surface area contributed by atoms with Crippen LogP contribution in [0.5, 0.6) is 0 Å². The van der Waals surface area contributed by atoms with E-state index in [1.807, 2.05) is 12.1 Å². The molecule has 0 aliphatic heterocycles. The molecule has 3 heteroatoms. The molecule has 1 N–H and O–H groups in total. The molecule has 0 fully saturated rings. The number of fused-ring (bicyclic) bond motifs is 1. The quantitative estimate of drug-likeness (QED) is 0.834. The highest BCUT2D eigenvalue weighted by molar-refractivity contribution is 6.31. The molecule has 0 saturated carbocycles. The van der Waals surface area contributed by atoms with Crippen LogP contribution in [-0.4, -0.2) is 11.5 Å². The van der Waals surface area contributed by atoms with Crippen molar-refractivity contribution in [2.75, 3.05) is 11.9 Å². The topological polar surface area (TPSA) is 24.9 Å². The lowest BCUT2D eigenvalue weighted by Gasteiger charge is -2.13. The molecule has 2 rings (SSSR count). The van der Waals surface area contributed by atoms with Gasteiger partial charge in [0.2, 0.25) is 0 Å². The van der Waals surface area contributed by atoms with Crippen LogP contribution in [0.25, 0.3) is 10.9 Å². The van der Waals surface area contributed by atoms with Gasteiger partial charge in [-0.1, -0.05) is 31.9 Å². The van der Waals surface area contributed by atoms with Gasteiger partial charge in [-0.3, -0.25) is 4.98 Å².